The van der Waals surface area contributed by atoms with Crippen LogP contribution in [0, 0.1) is 20.8 Å². The van der Waals surface area contributed by atoms with Gasteiger partial charge in [-0.05, 0) is 50.1 Å². The number of benzene rings is 1. The van der Waals surface area contributed by atoms with E-state index in [0.29, 0.717) is 0 Å². The number of rotatable bonds is 1. The minimum atomic E-state index is 0.137. The molecule has 0 amide bonds. The third-order valence-electron chi connectivity index (χ3n) is 3.24. The van der Waals surface area contributed by atoms with Gasteiger partial charge in [0.2, 0.25) is 0 Å². The lowest BCUT2D eigenvalue weighted by Crippen LogP contribution is -2.23. The average Bonchev–Trinajstić information content (AvgIpc) is 2.75. The van der Waals surface area contributed by atoms with Crippen molar-refractivity contribution in [2.45, 2.75) is 26.9 Å². The maximum absolute atomic E-state index is 6.16. The lowest BCUT2D eigenvalue weighted by molar-refractivity contribution is 0.212. The van der Waals surface area contributed by atoms with Crippen molar-refractivity contribution in [3.63, 3.8) is 0 Å². The Balaban J connectivity index is 1.93. The standard InChI is InChI=1S/C15H17NOS/c1-9-6-10(2)15-12(7-9)16-8-13(17-15)14-5-4-11(3)18-14/h4-7,13,16H,8H2,1-3H3. The minimum absolute atomic E-state index is 0.137. The molecule has 0 saturated carbocycles. The lowest BCUT2D eigenvalue weighted by atomic mass is 10.1. The van der Waals surface area contributed by atoms with E-state index < -0.39 is 0 Å². The molecule has 1 aliphatic rings. The Hall–Kier alpha value is -1.48. The molecule has 1 atom stereocenters. The fourth-order valence-corrected chi connectivity index (χ4v) is 3.32. The quantitative estimate of drug-likeness (QED) is 0.828. The molecule has 1 aromatic carbocycles. The molecule has 3 heteroatoms. The number of ether oxygens (including phenoxy) is 1. The zero-order valence-corrected chi connectivity index (χ0v) is 11.7. The second kappa shape index (κ2) is 4.32. The van der Waals surface area contributed by atoms with Gasteiger partial charge >= 0.3 is 0 Å². The van der Waals surface area contributed by atoms with Gasteiger partial charge < -0.3 is 10.1 Å². The van der Waals surface area contributed by atoms with Crippen LogP contribution in [0.2, 0.25) is 0 Å². The summed E-state index contributed by atoms with van der Waals surface area (Å²) in [5, 5.41) is 3.48. The van der Waals surface area contributed by atoms with Crippen molar-refractivity contribution < 1.29 is 4.74 Å². The Morgan fingerprint density at radius 2 is 2.06 bits per heavy atom. The van der Waals surface area contributed by atoms with E-state index in [2.05, 4.69) is 50.4 Å². The van der Waals surface area contributed by atoms with E-state index in [1.165, 1.54) is 20.9 Å². The highest BCUT2D eigenvalue weighted by Gasteiger charge is 2.23. The summed E-state index contributed by atoms with van der Waals surface area (Å²) in [7, 11) is 0. The highest BCUT2D eigenvalue weighted by atomic mass is 32.1. The van der Waals surface area contributed by atoms with Gasteiger partial charge in [0.05, 0.1) is 12.2 Å². The molecule has 2 aromatic rings. The Kier molecular flexibility index (Phi) is 2.78. The normalized spacial score (nSPS) is 17.8. The number of hydrogen-bond acceptors (Lipinski definition) is 3. The molecule has 0 radical (unpaired) electrons. The van der Waals surface area contributed by atoms with Crippen molar-refractivity contribution >= 4 is 17.0 Å². The fraction of sp³-hybridized carbons (Fsp3) is 0.333. The molecule has 2 nitrogen and oxygen atoms in total. The van der Waals surface area contributed by atoms with Gasteiger partial charge in [0.15, 0.2) is 6.10 Å². The van der Waals surface area contributed by atoms with Gasteiger partial charge in [-0.1, -0.05) is 6.07 Å². The summed E-state index contributed by atoms with van der Waals surface area (Å²) >= 11 is 1.81. The van der Waals surface area contributed by atoms with Gasteiger partial charge in [-0.25, -0.2) is 0 Å². The van der Waals surface area contributed by atoms with Crippen molar-refractivity contribution in [2.75, 3.05) is 11.9 Å². The van der Waals surface area contributed by atoms with Crippen LogP contribution in [0.4, 0.5) is 5.69 Å². The molecule has 0 saturated heterocycles. The highest BCUT2D eigenvalue weighted by Crippen LogP contribution is 2.39. The summed E-state index contributed by atoms with van der Waals surface area (Å²) in [4.78, 5) is 2.63. The van der Waals surface area contributed by atoms with Gasteiger partial charge in [-0.2, -0.15) is 0 Å². The van der Waals surface area contributed by atoms with Crippen LogP contribution < -0.4 is 10.1 Å². The molecule has 0 bridgehead atoms. The molecule has 2 heterocycles. The number of hydrogen-bond donors (Lipinski definition) is 1. The van der Waals surface area contributed by atoms with Crippen molar-refractivity contribution in [1.82, 2.24) is 0 Å². The number of thiophene rings is 1. The molecule has 1 unspecified atom stereocenters. The van der Waals surface area contributed by atoms with Crippen LogP contribution in [0.5, 0.6) is 5.75 Å². The van der Waals surface area contributed by atoms with E-state index >= 15 is 0 Å². The van der Waals surface area contributed by atoms with Gasteiger partial charge in [0.25, 0.3) is 0 Å². The summed E-state index contributed by atoms with van der Waals surface area (Å²) in [6.07, 6.45) is 0.137. The molecule has 0 aliphatic carbocycles. The molecule has 18 heavy (non-hydrogen) atoms. The first-order valence-corrected chi connectivity index (χ1v) is 7.03. The summed E-state index contributed by atoms with van der Waals surface area (Å²) in [5.41, 5.74) is 3.60. The molecular formula is C15H17NOS. The summed E-state index contributed by atoms with van der Waals surface area (Å²) in [6.45, 7) is 7.20. The van der Waals surface area contributed by atoms with Crippen LogP contribution in [0.1, 0.15) is 27.0 Å². The van der Waals surface area contributed by atoms with E-state index in [0.717, 1.165) is 18.0 Å². The first kappa shape index (κ1) is 11.6. The minimum Gasteiger partial charge on any atom is -0.481 e. The molecular weight excluding hydrogens is 242 g/mol. The van der Waals surface area contributed by atoms with Crippen molar-refractivity contribution in [3.8, 4) is 5.75 Å². The van der Waals surface area contributed by atoms with Crippen LogP contribution in [-0.4, -0.2) is 6.54 Å². The fourth-order valence-electron chi connectivity index (χ4n) is 2.41. The Morgan fingerprint density at radius 1 is 1.22 bits per heavy atom. The largest absolute Gasteiger partial charge is 0.481 e. The molecule has 1 aromatic heterocycles. The molecule has 0 fully saturated rings. The maximum Gasteiger partial charge on any atom is 0.150 e. The molecule has 3 rings (SSSR count). The van der Waals surface area contributed by atoms with Crippen molar-refractivity contribution in [2.24, 2.45) is 0 Å². The van der Waals surface area contributed by atoms with Gasteiger partial charge in [0, 0.05) is 9.75 Å². The van der Waals surface area contributed by atoms with E-state index in [1.807, 2.05) is 11.3 Å². The van der Waals surface area contributed by atoms with Crippen molar-refractivity contribution in [1.29, 1.82) is 0 Å². The predicted molar refractivity (Wildman–Crippen MR) is 76.8 cm³/mol. The van der Waals surface area contributed by atoms with Gasteiger partial charge in [-0.3, -0.25) is 0 Å². The second-order valence-corrected chi connectivity index (χ2v) is 6.21. The van der Waals surface area contributed by atoms with Crippen LogP contribution in [-0.2, 0) is 0 Å². The first-order chi connectivity index (χ1) is 8.63. The van der Waals surface area contributed by atoms with Crippen LogP contribution >= 0.6 is 11.3 Å². The lowest BCUT2D eigenvalue weighted by Gasteiger charge is -2.28. The van der Waals surface area contributed by atoms with Crippen LogP contribution in [0.3, 0.4) is 0 Å². The Labute approximate surface area is 112 Å². The van der Waals surface area contributed by atoms with Crippen molar-refractivity contribution in [3.05, 3.63) is 45.1 Å². The molecule has 1 N–H and O–H groups in total. The first-order valence-electron chi connectivity index (χ1n) is 6.21. The predicted octanol–water partition coefficient (Wildman–Crippen LogP) is 4.22. The molecule has 1 aliphatic heterocycles. The molecule has 0 spiro atoms. The summed E-state index contributed by atoms with van der Waals surface area (Å²) < 4.78 is 6.16. The highest BCUT2D eigenvalue weighted by molar-refractivity contribution is 7.12. The Bertz CT molecular complexity index is 588. The second-order valence-electron chi connectivity index (χ2n) is 4.89. The van der Waals surface area contributed by atoms with E-state index in [9.17, 15) is 0 Å². The van der Waals surface area contributed by atoms with E-state index in [1.54, 1.807) is 0 Å². The van der Waals surface area contributed by atoms with Gasteiger partial charge in [-0.15, -0.1) is 11.3 Å². The van der Waals surface area contributed by atoms with E-state index in [-0.39, 0.29) is 6.10 Å². The third kappa shape index (κ3) is 1.99. The number of fused-ring (bicyclic) bond motifs is 1. The average molecular weight is 259 g/mol. The maximum atomic E-state index is 6.16. The van der Waals surface area contributed by atoms with Crippen LogP contribution in [0.15, 0.2) is 24.3 Å². The number of aryl methyl sites for hydroxylation is 3. The zero-order valence-electron chi connectivity index (χ0n) is 10.9. The van der Waals surface area contributed by atoms with E-state index in [4.69, 9.17) is 4.74 Å². The zero-order chi connectivity index (χ0) is 12.7. The molecule has 94 valence electrons. The monoisotopic (exact) mass is 259 g/mol. The third-order valence-corrected chi connectivity index (χ3v) is 4.33. The van der Waals surface area contributed by atoms with Crippen LogP contribution in [0.25, 0.3) is 0 Å². The van der Waals surface area contributed by atoms with Gasteiger partial charge in [0.1, 0.15) is 5.75 Å². The Morgan fingerprint density at radius 3 is 2.78 bits per heavy atom. The SMILES string of the molecule is Cc1cc(C)c2c(c1)NCC(c1ccc(C)s1)O2. The summed E-state index contributed by atoms with van der Waals surface area (Å²) in [6, 6.07) is 8.64. The number of nitrogens with one attached hydrogen (secondary N) is 1. The summed E-state index contributed by atoms with van der Waals surface area (Å²) in [5.74, 6) is 1.00. The number of anilines is 1. The topological polar surface area (TPSA) is 21.3 Å². The smallest absolute Gasteiger partial charge is 0.150 e.